The lowest BCUT2D eigenvalue weighted by Gasteiger charge is -2.36. The highest BCUT2D eigenvalue weighted by atomic mass is 19.1. The normalized spacial score (nSPS) is 13.9. The van der Waals surface area contributed by atoms with Crippen molar-refractivity contribution in [1.29, 1.82) is 0 Å². The number of carbonyl (C=O) groups excluding carboxylic acids is 2. The van der Waals surface area contributed by atoms with Crippen molar-refractivity contribution in [1.82, 2.24) is 10.2 Å². The summed E-state index contributed by atoms with van der Waals surface area (Å²) < 4.78 is 19.3. The lowest BCUT2D eigenvalue weighted by atomic mass is 10.2. The molecule has 1 N–H and O–H groups in total. The molecule has 6 nitrogen and oxygen atoms in total. The monoisotopic (exact) mass is 385 g/mol. The Morgan fingerprint density at radius 2 is 1.71 bits per heavy atom. The standard InChI is InChI=1S/C21H24FN3O3/c1-16-6-8-17(9-7-16)28-15-20(26)23-14-21(27)25-12-10-24(11-13-25)19-5-3-2-4-18(19)22/h2-9H,10-15H2,1H3,(H,23,26). The molecule has 2 aromatic carbocycles. The Morgan fingerprint density at radius 3 is 2.39 bits per heavy atom. The van der Waals surface area contributed by atoms with Crippen molar-refractivity contribution in [2.24, 2.45) is 0 Å². The Hall–Kier alpha value is -3.09. The molecule has 148 valence electrons. The molecule has 7 heteroatoms. The van der Waals surface area contributed by atoms with E-state index in [9.17, 15) is 14.0 Å². The number of aryl methyl sites for hydroxylation is 1. The van der Waals surface area contributed by atoms with E-state index in [0.29, 0.717) is 37.6 Å². The van der Waals surface area contributed by atoms with Crippen LogP contribution in [0.25, 0.3) is 0 Å². The predicted octanol–water partition coefficient (Wildman–Crippen LogP) is 1.98. The minimum absolute atomic E-state index is 0.0736. The summed E-state index contributed by atoms with van der Waals surface area (Å²) in [6, 6.07) is 14.0. The zero-order valence-electron chi connectivity index (χ0n) is 15.9. The van der Waals surface area contributed by atoms with E-state index in [4.69, 9.17) is 4.74 Å². The van der Waals surface area contributed by atoms with Crippen LogP contribution in [0.1, 0.15) is 5.56 Å². The first-order valence-electron chi connectivity index (χ1n) is 9.26. The molecule has 1 saturated heterocycles. The minimum atomic E-state index is -0.348. The number of hydrogen-bond donors (Lipinski definition) is 1. The van der Waals surface area contributed by atoms with Crippen molar-refractivity contribution in [3.8, 4) is 5.75 Å². The first-order valence-corrected chi connectivity index (χ1v) is 9.26. The number of rotatable bonds is 6. The number of ether oxygens (including phenoxy) is 1. The molecule has 1 aliphatic rings. The van der Waals surface area contributed by atoms with E-state index in [1.807, 2.05) is 24.0 Å². The molecular weight excluding hydrogens is 361 g/mol. The Labute approximate surface area is 163 Å². The molecule has 2 aromatic rings. The lowest BCUT2D eigenvalue weighted by Crippen LogP contribution is -2.51. The molecule has 0 unspecified atom stereocenters. The summed E-state index contributed by atoms with van der Waals surface area (Å²) in [5.74, 6) is -0.157. The zero-order valence-corrected chi connectivity index (χ0v) is 15.9. The third-order valence-corrected chi connectivity index (χ3v) is 4.65. The Morgan fingerprint density at radius 1 is 1.04 bits per heavy atom. The molecule has 1 aliphatic heterocycles. The van der Waals surface area contributed by atoms with Gasteiger partial charge in [-0.2, -0.15) is 0 Å². The summed E-state index contributed by atoms with van der Waals surface area (Å²) in [4.78, 5) is 27.8. The van der Waals surface area contributed by atoms with Crippen LogP contribution in [0.2, 0.25) is 0 Å². The van der Waals surface area contributed by atoms with E-state index in [2.05, 4.69) is 5.32 Å². The number of nitrogens with zero attached hydrogens (tertiary/aromatic N) is 2. The maximum atomic E-state index is 13.9. The van der Waals surface area contributed by atoms with E-state index in [1.54, 1.807) is 35.2 Å². The highest BCUT2D eigenvalue weighted by Crippen LogP contribution is 2.20. The second-order valence-corrected chi connectivity index (χ2v) is 6.70. The lowest BCUT2D eigenvalue weighted by molar-refractivity contribution is -0.133. The number of piperazine rings is 1. The first-order chi connectivity index (χ1) is 13.5. The summed E-state index contributed by atoms with van der Waals surface area (Å²) in [6.45, 7) is 3.84. The third kappa shape index (κ3) is 5.22. The molecule has 0 bridgehead atoms. The van der Waals surface area contributed by atoms with Crippen LogP contribution in [-0.2, 0) is 9.59 Å². The van der Waals surface area contributed by atoms with Crippen molar-refractivity contribution in [3.05, 3.63) is 59.9 Å². The van der Waals surface area contributed by atoms with Gasteiger partial charge in [0, 0.05) is 26.2 Å². The highest BCUT2D eigenvalue weighted by molar-refractivity contribution is 5.85. The van der Waals surface area contributed by atoms with Crippen LogP contribution >= 0.6 is 0 Å². The van der Waals surface area contributed by atoms with Gasteiger partial charge in [0.15, 0.2) is 6.61 Å². The molecule has 0 spiro atoms. The van der Waals surface area contributed by atoms with Crippen molar-refractivity contribution in [2.45, 2.75) is 6.92 Å². The number of nitrogens with one attached hydrogen (secondary N) is 1. The van der Waals surface area contributed by atoms with Crippen LogP contribution in [-0.4, -0.2) is 56.0 Å². The maximum absolute atomic E-state index is 13.9. The fourth-order valence-corrected chi connectivity index (χ4v) is 3.03. The zero-order chi connectivity index (χ0) is 19.9. The third-order valence-electron chi connectivity index (χ3n) is 4.65. The van der Waals surface area contributed by atoms with Crippen LogP contribution in [0.4, 0.5) is 10.1 Å². The van der Waals surface area contributed by atoms with Crippen LogP contribution in [0.5, 0.6) is 5.75 Å². The second-order valence-electron chi connectivity index (χ2n) is 6.70. The van der Waals surface area contributed by atoms with Gasteiger partial charge in [-0.25, -0.2) is 4.39 Å². The number of halogens is 1. The van der Waals surface area contributed by atoms with E-state index in [-0.39, 0.29) is 30.8 Å². The Balaban J connectivity index is 1.39. The van der Waals surface area contributed by atoms with Gasteiger partial charge in [-0.15, -0.1) is 0 Å². The summed E-state index contributed by atoms with van der Waals surface area (Å²) in [5, 5.41) is 2.58. The first kappa shape index (κ1) is 19.7. The number of hydrogen-bond acceptors (Lipinski definition) is 4. The van der Waals surface area contributed by atoms with Crippen molar-refractivity contribution in [2.75, 3.05) is 44.2 Å². The van der Waals surface area contributed by atoms with Gasteiger partial charge in [-0.3, -0.25) is 9.59 Å². The number of para-hydroxylation sites is 1. The smallest absolute Gasteiger partial charge is 0.258 e. The number of carbonyl (C=O) groups is 2. The topological polar surface area (TPSA) is 61.9 Å². The Kier molecular flexibility index (Phi) is 6.47. The fourth-order valence-electron chi connectivity index (χ4n) is 3.03. The molecule has 28 heavy (non-hydrogen) atoms. The van der Waals surface area contributed by atoms with Gasteiger partial charge in [-0.1, -0.05) is 29.8 Å². The van der Waals surface area contributed by atoms with Gasteiger partial charge in [0.2, 0.25) is 5.91 Å². The van der Waals surface area contributed by atoms with E-state index in [1.165, 1.54) is 6.07 Å². The molecule has 1 heterocycles. The average molecular weight is 385 g/mol. The van der Waals surface area contributed by atoms with Crippen molar-refractivity contribution >= 4 is 17.5 Å². The van der Waals surface area contributed by atoms with Gasteiger partial charge in [0.25, 0.3) is 5.91 Å². The SMILES string of the molecule is Cc1ccc(OCC(=O)NCC(=O)N2CCN(c3ccccc3F)CC2)cc1. The quantitative estimate of drug-likeness (QED) is 0.826. The second kappa shape index (κ2) is 9.21. The van der Waals surface area contributed by atoms with Gasteiger partial charge >= 0.3 is 0 Å². The molecule has 0 atom stereocenters. The van der Waals surface area contributed by atoms with Gasteiger partial charge in [0.1, 0.15) is 11.6 Å². The summed E-state index contributed by atoms with van der Waals surface area (Å²) in [5.41, 5.74) is 1.66. The molecule has 0 aliphatic carbocycles. The van der Waals surface area contributed by atoms with E-state index < -0.39 is 0 Å². The number of benzene rings is 2. The number of anilines is 1. The van der Waals surface area contributed by atoms with Crippen LogP contribution < -0.4 is 15.0 Å². The van der Waals surface area contributed by atoms with Crippen molar-refractivity contribution in [3.63, 3.8) is 0 Å². The predicted molar refractivity (Wildman–Crippen MR) is 105 cm³/mol. The molecule has 3 rings (SSSR count). The summed E-state index contributed by atoms with van der Waals surface area (Å²) in [6.07, 6.45) is 0. The summed E-state index contributed by atoms with van der Waals surface area (Å²) >= 11 is 0. The Bertz CT molecular complexity index is 818. The maximum Gasteiger partial charge on any atom is 0.258 e. The molecule has 0 aromatic heterocycles. The van der Waals surface area contributed by atoms with Gasteiger partial charge < -0.3 is 19.9 Å². The van der Waals surface area contributed by atoms with Crippen molar-refractivity contribution < 1.29 is 18.7 Å². The largest absolute Gasteiger partial charge is 0.484 e. The van der Waals surface area contributed by atoms with E-state index in [0.717, 1.165) is 5.56 Å². The van der Waals surface area contributed by atoms with Gasteiger partial charge in [-0.05, 0) is 31.2 Å². The highest BCUT2D eigenvalue weighted by Gasteiger charge is 2.22. The number of amides is 2. The van der Waals surface area contributed by atoms with Gasteiger partial charge in [0.05, 0.1) is 12.2 Å². The molecule has 0 saturated carbocycles. The van der Waals surface area contributed by atoms with Crippen LogP contribution in [0.3, 0.4) is 0 Å². The molecule has 0 radical (unpaired) electrons. The molecule has 1 fully saturated rings. The molecular formula is C21H24FN3O3. The van der Waals surface area contributed by atoms with Crippen LogP contribution in [0.15, 0.2) is 48.5 Å². The fraction of sp³-hybridized carbons (Fsp3) is 0.333. The molecule has 2 amide bonds. The minimum Gasteiger partial charge on any atom is -0.484 e. The van der Waals surface area contributed by atoms with Crippen LogP contribution in [0, 0.1) is 12.7 Å². The average Bonchev–Trinajstić information content (AvgIpc) is 2.72. The summed E-state index contributed by atoms with van der Waals surface area (Å²) in [7, 11) is 0. The van der Waals surface area contributed by atoms with E-state index >= 15 is 0 Å².